The van der Waals surface area contributed by atoms with E-state index in [1.54, 1.807) is 0 Å². The van der Waals surface area contributed by atoms with Crippen LogP contribution in [-0.4, -0.2) is 18.0 Å². The Morgan fingerprint density at radius 1 is 1.53 bits per heavy atom. The van der Waals surface area contributed by atoms with Crippen molar-refractivity contribution in [2.24, 2.45) is 0 Å². The van der Waals surface area contributed by atoms with Gasteiger partial charge in [0.1, 0.15) is 0 Å². The van der Waals surface area contributed by atoms with Gasteiger partial charge in [0, 0.05) is 4.47 Å². The standard InChI is InChI=1S/C15H21BrN2O/c1-3-15(9-6-10-17-15)14(19)18-11(2)12-7-4-5-8-13(12)16/h4-5,7-8,11,17H,3,6,9-10H2,1-2H3,(H,18,19)/t11-,15?/m0/s1. The van der Waals surface area contributed by atoms with Crippen LogP contribution in [0.1, 0.15) is 44.7 Å². The first-order valence-electron chi connectivity index (χ1n) is 6.89. The molecule has 2 rings (SSSR count). The van der Waals surface area contributed by atoms with Gasteiger partial charge in [0.15, 0.2) is 0 Å². The van der Waals surface area contributed by atoms with Gasteiger partial charge in [-0.2, -0.15) is 0 Å². The number of nitrogens with one attached hydrogen (secondary N) is 2. The molecule has 0 saturated carbocycles. The molecule has 1 saturated heterocycles. The van der Waals surface area contributed by atoms with Gasteiger partial charge in [-0.05, 0) is 44.4 Å². The SMILES string of the molecule is CCC1(C(=O)N[C@@H](C)c2ccccc2Br)CCCN1. The van der Waals surface area contributed by atoms with Gasteiger partial charge in [-0.3, -0.25) is 4.79 Å². The first-order valence-corrected chi connectivity index (χ1v) is 7.69. The van der Waals surface area contributed by atoms with Crippen molar-refractivity contribution in [1.82, 2.24) is 10.6 Å². The Hall–Kier alpha value is -0.870. The van der Waals surface area contributed by atoms with Crippen LogP contribution in [0, 0.1) is 0 Å². The van der Waals surface area contributed by atoms with E-state index in [4.69, 9.17) is 0 Å². The topological polar surface area (TPSA) is 41.1 Å². The minimum Gasteiger partial charge on any atom is -0.348 e. The molecule has 1 fully saturated rings. The number of carbonyl (C=O) groups is 1. The Bertz CT molecular complexity index is 455. The molecule has 4 heteroatoms. The van der Waals surface area contributed by atoms with Crippen molar-refractivity contribution in [3.8, 4) is 0 Å². The van der Waals surface area contributed by atoms with Gasteiger partial charge in [0.05, 0.1) is 11.6 Å². The summed E-state index contributed by atoms with van der Waals surface area (Å²) in [6, 6.07) is 8.02. The second-order valence-corrected chi connectivity index (χ2v) is 6.04. The maximum atomic E-state index is 12.5. The molecule has 1 heterocycles. The number of rotatable bonds is 4. The van der Waals surface area contributed by atoms with Gasteiger partial charge >= 0.3 is 0 Å². The number of benzene rings is 1. The van der Waals surface area contributed by atoms with Crippen LogP contribution < -0.4 is 10.6 Å². The zero-order valence-electron chi connectivity index (χ0n) is 11.5. The highest BCUT2D eigenvalue weighted by atomic mass is 79.9. The number of halogens is 1. The van der Waals surface area contributed by atoms with Crippen molar-refractivity contribution in [2.75, 3.05) is 6.54 Å². The zero-order chi connectivity index (χ0) is 13.9. The molecule has 2 N–H and O–H groups in total. The third-order valence-corrected chi connectivity index (χ3v) is 4.72. The van der Waals surface area contributed by atoms with Gasteiger partial charge in [0.25, 0.3) is 0 Å². The largest absolute Gasteiger partial charge is 0.348 e. The third-order valence-electron chi connectivity index (χ3n) is 4.00. The van der Waals surface area contributed by atoms with E-state index in [0.29, 0.717) is 0 Å². The summed E-state index contributed by atoms with van der Waals surface area (Å²) in [5, 5.41) is 6.51. The summed E-state index contributed by atoms with van der Waals surface area (Å²) >= 11 is 3.53. The number of amides is 1. The Kier molecular flexibility index (Phi) is 4.63. The predicted molar refractivity (Wildman–Crippen MR) is 81.0 cm³/mol. The van der Waals surface area contributed by atoms with Crippen molar-refractivity contribution in [2.45, 2.75) is 44.7 Å². The molecule has 2 atom stereocenters. The first kappa shape index (κ1) is 14.5. The van der Waals surface area contributed by atoms with E-state index in [1.165, 1.54) is 0 Å². The first-order chi connectivity index (χ1) is 9.09. The molecule has 0 bridgehead atoms. The number of carbonyl (C=O) groups excluding carboxylic acids is 1. The van der Waals surface area contributed by atoms with Crippen molar-refractivity contribution in [3.05, 3.63) is 34.3 Å². The van der Waals surface area contributed by atoms with E-state index in [2.05, 4.69) is 33.5 Å². The predicted octanol–water partition coefficient (Wildman–Crippen LogP) is 3.16. The minimum absolute atomic E-state index is 0.00824. The highest BCUT2D eigenvalue weighted by molar-refractivity contribution is 9.10. The van der Waals surface area contributed by atoms with E-state index in [0.717, 1.165) is 35.8 Å². The van der Waals surface area contributed by atoms with Crippen LogP contribution in [0.5, 0.6) is 0 Å². The van der Waals surface area contributed by atoms with Crippen LogP contribution in [0.3, 0.4) is 0 Å². The van der Waals surface area contributed by atoms with E-state index >= 15 is 0 Å². The molecular formula is C15H21BrN2O. The average molecular weight is 325 g/mol. The van der Waals surface area contributed by atoms with Crippen LogP contribution in [-0.2, 0) is 4.79 Å². The van der Waals surface area contributed by atoms with E-state index in [1.807, 2.05) is 31.2 Å². The highest BCUT2D eigenvalue weighted by Crippen LogP contribution is 2.26. The second kappa shape index (κ2) is 6.06. The summed E-state index contributed by atoms with van der Waals surface area (Å²) < 4.78 is 1.03. The van der Waals surface area contributed by atoms with Gasteiger partial charge in [-0.15, -0.1) is 0 Å². The summed E-state index contributed by atoms with van der Waals surface area (Å²) in [7, 11) is 0. The smallest absolute Gasteiger partial charge is 0.240 e. The molecule has 1 unspecified atom stereocenters. The Morgan fingerprint density at radius 2 is 2.26 bits per heavy atom. The van der Waals surface area contributed by atoms with Crippen LogP contribution in [0.25, 0.3) is 0 Å². The molecule has 1 aliphatic heterocycles. The van der Waals surface area contributed by atoms with Gasteiger partial charge in [-0.1, -0.05) is 41.1 Å². The molecule has 3 nitrogen and oxygen atoms in total. The number of hydrogen-bond donors (Lipinski definition) is 2. The quantitative estimate of drug-likeness (QED) is 0.893. The molecule has 1 amide bonds. The van der Waals surface area contributed by atoms with Crippen molar-refractivity contribution >= 4 is 21.8 Å². The fourth-order valence-electron chi connectivity index (χ4n) is 2.70. The summed E-state index contributed by atoms with van der Waals surface area (Å²) in [6.07, 6.45) is 2.84. The van der Waals surface area contributed by atoms with Crippen LogP contribution in [0.4, 0.5) is 0 Å². The molecule has 0 radical (unpaired) electrons. The normalized spacial score (nSPS) is 24.2. The average Bonchev–Trinajstić information content (AvgIpc) is 2.89. The molecule has 1 aromatic rings. The molecule has 0 aliphatic carbocycles. The Labute approximate surface area is 123 Å². The summed E-state index contributed by atoms with van der Waals surface area (Å²) in [6.45, 7) is 5.03. The monoisotopic (exact) mass is 324 g/mol. The molecule has 1 aromatic carbocycles. The summed E-state index contributed by atoms with van der Waals surface area (Å²) in [5.74, 6) is 0.121. The summed E-state index contributed by atoms with van der Waals surface area (Å²) in [5.41, 5.74) is 0.746. The maximum absolute atomic E-state index is 12.5. The van der Waals surface area contributed by atoms with Crippen LogP contribution in [0.2, 0.25) is 0 Å². The number of hydrogen-bond acceptors (Lipinski definition) is 2. The van der Waals surface area contributed by atoms with Gasteiger partial charge in [-0.25, -0.2) is 0 Å². The molecule has 19 heavy (non-hydrogen) atoms. The molecular weight excluding hydrogens is 304 g/mol. The lowest BCUT2D eigenvalue weighted by atomic mass is 9.92. The van der Waals surface area contributed by atoms with E-state index in [-0.39, 0.29) is 17.5 Å². The molecule has 104 valence electrons. The fourth-order valence-corrected chi connectivity index (χ4v) is 3.33. The van der Waals surface area contributed by atoms with Crippen LogP contribution in [0.15, 0.2) is 28.7 Å². The van der Waals surface area contributed by atoms with Crippen molar-refractivity contribution in [1.29, 1.82) is 0 Å². The van der Waals surface area contributed by atoms with E-state index in [9.17, 15) is 4.79 Å². The lowest BCUT2D eigenvalue weighted by Crippen LogP contribution is -2.53. The second-order valence-electron chi connectivity index (χ2n) is 5.18. The molecule has 1 aliphatic rings. The van der Waals surface area contributed by atoms with Gasteiger partial charge in [0.2, 0.25) is 5.91 Å². The Balaban J connectivity index is 2.08. The van der Waals surface area contributed by atoms with Crippen molar-refractivity contribution < 1.29 is 4.79 Å². The van der Waals surface area contributed by atoms with Gasteiger partial charge < -0.3 is 10.6 Å². The fraction of sp³-hybridized carbons (Fsp3) is 0.533. The Morgan fingerprint density at radius 3 is 2.84 bits per heavy atom. The maximum Gasteiger partial charge on any atom is 0.240 e. The third kappa shape index (κ3) is 3.00. The minimum atomic E-state index is -0.366. The zero-order valence-corrected chi connectivity index (χ0v) is 13.1. The summed E-state index contributed by atoms with van der Waals surface area (Å²) in [4.78, 5) is 12.5. The van der Waals surface area contributed by atoms with Crippen LogP contribution >= 0.6 is 15.9 Å². The van der Waals surface area contributed by atoms with Crippen molar-refractivity contribution in [3.63, 3.8) is 0 Å². The molecule has 0 spiro atoms. The molecule has 0 aromatic heterocycles. The van der Waals surface area contributed by atoms with E-state index < -0.39 is 0 Å². The lowest BCUT2D eigenvalue weighted by Gasteiger charge is -2.29. The lowest BCUT2D eigenvalue weighted by molar-refractivity contribution is -0.128. The highest BCUT2D eigenvalue weighted by Gasteiger charge is 2.39.